The first-order valence-electron chi connectivity index (χ1n) is 7.41. The number of halogens is 1. The molecule has 1 amide bonds. The zero-order valence-corrected chi connectivity index (χ0v) is 14.0. The van der Waals surface area contributed by atoms with Crippen LogP contribution in [0.5, 0.6) is 0 Å². The number of amides is 1. The van der Waals surface area contributed by atoms with Crippen LogP contribution in [0.4, 0.5) is 0 Å². The Kier molecular flexibility index (Phi) is 3.74. The third-order valence-corrected chi connectivity index (χ3v) is 4.69. The Morgan fingerprint density at radius 2 is 2.21 bits per heavy atom. The van der Waals surface area contributed by atoms with Gasteiger partial charge in [-0.15, -0.1) is 5.10 Å². The summed E-state index contributed by atoms with van der Waals surface area (Å²) in [6, 6.07) is 11.1. The normalized spacial score (nSPS) is 19.2. The van der Waals surface area contributed by atoms with E-state index >= 15 is 0 Å². The predicted molar refractivity (Wildman–Crippen MR) is 91.8 cm³/mol. The molecule has 2 N–H and O–H groups in total. The van der Waals surface area contributed by atoms with Gasteiger partial charge in [-0.05, 0) is 48.3 Å². The standard InChI is InChI=1S/C16H13ClN4O2S/c17-12-5-2-1-4-9(12)10-8-11(10)15(22)20-21-14(18-19-16(21)24)13-6-3-7-23-13/h1-7,10-11H,8H2,(H,19,24)(H,20,22)/t10-,11+/m1/s1. The number of nitrogens with zero attached hydrogens (tertiary/aromatic N) is 2. The lowest BCUT2D eigenvalue weighted by atomic mass is 10.1. The van der Waals surface area contributed by atoms with Crippen LogP contribution in [0.15, 0.2) is 47.1 Å². The summed E-state index contributed by atoms with van der Waals surface area (Å²) >= 11 is 11.4. The lowest BCUT2D eigenvalue weighted by Gasteiger charge is -2.08. The van der Waals surface area contributed by atoms with Crippen LogP contribution in [-0.4, -0.2) is 20.8 Å². The molecule has 1 saturated carbocycles. The average molecular weight is 361 g/mol. The van der Waals surface area contributed by atoms with Gasteiger partial charge >= 0.3 is 0 Å². The summed E-state index contributed by atoms with van der Waals surface area (Å²) in [5.41, 5.74) is 3.81. The first-order chi connectivity index (χ1) is 11.6. The molecule has 1 aliphatic rings. The smallest absolute Gasteiger partial charge is 0.242 e. The molecule has 1 aromatic carbocycles. The molecule has 24 heavy (non-hydrogen) atoms. The summed E-state index contributed by atoms with van der Waals surface area (Å²) in [6.07, 6.45) is 2.30. The second kappa shape index (κ2) is 5.92. The molecular formula is C16H13ClN4O2S. The Hall–Kier alpha value is -2.38. The van der Waals surface area contributed by atoms with E-state index in [1.807, 2.05) is 24.3 Å². The van der Waals surface area contributed by atoms with Gasteiger partial charge in [-0.3, -0.25) is 10.2 Å². The zero-order chi connectivity index (χ0) is 16.7. The van der Waals surface area contributed by atoms with Gasteiger partial charge in [0.15, 0.2) is 5.76 Å². The summed E-state index contributed by atoms with van der Waals surface area (Å²) in [5.74, 6) is 0.817. The van der Waals surface area contributed by atoms with Gasteiger partial charge in [0, 0.05) is 10.9 Å². The lowest BCUT2D eigenvalue weighted by molar-refractivity contribution is -0.118. The first kappa shape index (κ1) is 15.2. The summed E-state index contributed by atoms with van der Waals surface area (Å²) in [5, 5.41) is 7.45. The van der Waals surface area contributed by atoms with Crippen molar-refractivity contribution in [2.24, 2.45) is 5.92 Å². The van der Waals surface area contributed by atoms with Crippen molar-refractivity contribution >= 4 is 29.7 Å². The Morgan fingerprint density at radius 3 is 2.96 bits per heavy atom. The van der Waals surface area contributed by atoms with E-state index in [0.717, 1.165) is 12.0 Å². The van der Waals surface area contributed by atoms with Gasteiger partial charge < -0.3 is 4.42 Å². The molecule has 0 bridgehead atoms. The van der Waals surface area contributed by atoms with Gasteiger partial charge in [0.2, 0.25) is 16.5 Å². The lowest BCUT2D eigenvalue weighted by Crippen LogP contribution is -2.25. The van der Waals surface area contributed by atoms with Crippen molar-refractivity contribution in [2.45, 2.75) is 12.3 Å². The quantitative estimate of drug-likeness (QED) is 0.695. The van der Waals surface area contributed by atoms with Gasteiger partial charge in [-0.1, -0.05) is 29.8 Å². The van der Waals surface area contributed by atoms with Gasteiger partial charge in [0.1, 0.15) is 0 Å². The fourth-order valence-corrected chi connectivity index (χ4v) is 3.22. The molecular weight excluding hydrogens is 348 g/mol. The van der Waals surface area contributed by atoms with Crippen LogP contribution in [0, 0.1) is 10.7 Å². The van der Waals surface area contributed by atoms with Crippen molar-refractivity contribution in [1.82, 2.24) is 14.9 Å². The Balaban J connectivity index is 1.54. The van der Waals surface area contributed by atoms with Crippen LogP contribution in [0.2, 0.25) is 5.02 Å². The number of rotatable bonds is 4. The molecule has 1 aliphatic carbocycles. The number of carbonyl (C=O) groups is 1. The average Bonchev–Trinajstić information content (AvgIpc) is 3.02. The maximum absolute atomic E-state index is 12.5. The number of benzene rings is 1. The second-order valence-corrected chi connectivity index (χ2v) is 6.41. The van der Waals surface area contributed by atoms with Crippen molar-refractivity contribution < 1.29 is 9.21 Å². The Morgan fingerprint density at radius 1 is 1.38 bits per heavy atom. The third-order valence-electron chi connectivity index (χ3n) is 4.07. The number of carbonyl (C=O) groups excluding carboxylic acids is 1. The fraction of sp³-hybridized carbons (Fsp3) is 0.188. The molecule has 0 spiro atoms. The van der Waals surface area contributed by atoms with Crippen LogP contribution < -0.4 is 5.43 Å². The number of H-pyrrole nitrogens is 1. The molecule has 0 saturated heterocycles. The number of aromatic nitrogens is 3. The van der Waals surface area contributed by atoms with E-state index < -0.39 is 0 Å². The molecule has 0 aliphatic heterocycles. The molecule has 6 nitrogen and oxygen atoms in total. The molecule has 4 rings (SSSR count). The van der Waals surface area contributed by atoms with Gasteiger partial charge in [-0.25, -0.2) is 9.77 Å². The van der Waals surface area contributed by atoms with Crippen LogP contribution in [0.1, 0.15) is 17.9 Å². The van der Waals surface area contributed by atoms with Crippen molar-refractivity contribution in [2.75, 3.05) is 5.43 Å². The Bertz CT molecular complexity index is 947. The molecule has 2 aromatic heterocycles. The van der Waals surface area contributed by atoms with E-state index in [9.17, 15) is 4.79 Å². The maximum Gasteiger partial charge on any atom is 0.242 e. The van der Waals surface area contributed by atoms with Crippen LogP contribution in [0.3, 0.4) is 0 Å². The van der Waals surface area contributed by atoms with E-state index in [0.29, 0.717) is 21.4 Å². The van der Waals surface area contributed by atoms with E-state index in [1.54, 1.807) is 12.1 Å². The molecule has 1 fully saturated rings. The largest absolute Gasteiger partial charge is 0.461 e. The first-order valence-corrected chi connectivity index (χ1v) is 8.20. The SMILES string of the molecule is O=C(Nn1c(-c2ccco2)n[nH]c1=S)[C@H]1C[C@@H]1c1ccccc1Cl. The molecule has 3 aromatic rings. The van der Waals surface area contributed by atoms with Crippen molar-refractivity contribution in [3.05, 3.63) is 58.0 Å². The minimum atomic E-state index is -0.133. The van der Waals surface area contributed by atoms with E-state index in [1.165, 1.54) is 10.9 Å². The third kappa shape index (κ3) is 2.65. The number of hydrogen-bond acceptors (Lipinski definition) is 4. The predicted octanol–water partition coefficient (Wildman–Crippen LogP) is 3.73. The Labute approximate surface area is 147 Å². The van der Waals surface area contributed by atoms with Crippen molar-refractivity contribution in [1.29, 1.82) is 0 Å². The monoisotopic (exact) mass is 360 g/mol. The number of furan rings is 1. The highest BCUT2D eigenvalue weighted by atomic mass is 35.5. The topological polar surface area (TPSA) is 75.8 Å². The summed E-state index contributed by atoms with van der Waals surface area (Å²) in [7, 11) is 0. The molecule has 8 heteroatoms. The van der Waals surface area contributed by atoms with Gasteiger partial charge in [0.25, 0.3) is 0 Å². The molecule has 122 valence electrons. The van der Waals surface area contributed by atoms with Crippen molar-refractivity contribution in [3.63, 3.8) is 0 Å². The minimum absolute atomic E-state index is 0.120. The maximum atomic E-state index is 12.5. The number of aromatic amines is 1. The molecule has 0 radical (unpaired) electrons. The van der Waals surface area contributed by atoms with Gasteiger partial charge in [-0.2, -0.15) is 0 Å². The highest BCUT2D eigenvalue weighted by Crippen LogP contribution is 2.49. The van der Waals surface area contributed by atoms with E-state index in [4.69, 9.17) is 28.2 Å². The summed E-state index contributed by atoms with van der Waals surface area (Å²) in [4.78, 5) is 12.5. The zero-order valence-electron chi connectivity index (χ0n) is 12.4. The number of nitrogens with one attached hydrogen (secondary N) is 2. The second-order valence-electron chi connectivity index (χ2n) is 5.61. The van der Waals surface area contributed by atoms with Crippen molar-refractivity contribution in [3.8, 4) is 11.6 Å². The number of hydrogen-bond donors (Lipinski definition) is 2. The van der Waals surface area contributed by atoms with E-state index in [2.05, 4.69) is 15.6 Å². The summed E-state index contributed by atoms with van der Waals surface area (Å²) < 4.78 is 7.04. The van der Waals surface area contributed by atoms with Crippen LogP contribution in [0.25, 0.3) is 11.6 Å². The highest BCUT2D eigenvalue weighted by molar-refractivity contribution is 7.71. The van der Waals surface area contributed by atoms with Crippen LogP contribution >= 0.6 is 23.8 Å². The minimum Gasteiger partial charge on any atom is -0.461 e. The molecule has 2 heterocycles. The van der Waals surface area contributed by atoms with Crippen LogP contribution in [-0.2, 0) is 4.79 Å². The van der Waals surface area contributed by atoms with E-state index in [-0.39, 0.29) is 17.7 Å². The molecule has 0 unspecified atom stereocenters. The molecule has 2 atom stereocenters. The highest BCUT2D eigenvalue weighted by Gasteiger charge is 2.45. The summed E-state index contributed by atoms with van der Waals surface area (Å²) in [6.45, 7) is 0. The fourth-order valence-electron chi connectivity index (χ4n) is 2.77. The van der Waals surface area contributed by atoms with Gasteiger partial charge in [0.05, 0.1) is 6.26 Å².